The van der Waals surface area contributed by atoms with Crippen LogP contribution >= 0.6 is 0 Å². The third-order valence-electron chi connectivity index (χ3n) is 7.53. The Labute approximate surface area is 243 Å². The van der Waals surface area contributed by atoms with Gasteiger partial charge in [-0.25, -0.2) is 5.48 Å². The number of benzene rings is 4. The van der Waals surface area contributed by atoms with Crippen molar-refractivity contribution in [2.24, 2.45) is 0 Å². The number of aryl methyl sites for hydroxylation is 3. The molecule has 1 aromatic heterocycles. The number of aromatic nitrogens is 1. The fourth-order valence-corrected chi connectivity index (χ4v) is 6.10. The fourth-order valence-electron chi connectivity index (χ4n) is 5.34. The summed E-state index contributed by atoms with van der Waals surface area (Å²) in [5.41, 5.74) is 7.25. The molecular formula is C33H28N2O6S. The number of carbonyl (C=O) groups excluding carboxylic acids is 2. The van der Waals surface area contributed by atoms with Gasteiger partial charge in [0, 0.05) is 28.6 Å². The van der Waals surface area contributed by atoms with Crippen LogP contribution in [0.3, 0.4) is 0 Å². The maximum Gasteiger partial charge on any atom is 0.317 e. The second-order valence-corrected chi connectivity index (χ2v) is 11.7. The smallest absolute Gasteiger partial charge is 0.317 e. The summed E-state index contributed by atoms with van der Waals surface area (Å²) in [5, 5.41) is 1.49. The molecule has 9 heteroatoms. The van der Waals surface area contributed by atoms with E-state index in [2.05, 4.69) is 10.0 Å². The predicted octanol–water partition coefficient (Wildman–Crippen LogP) is 6.03. The monoisotopic (exact) mass is 580 g/mol. The summed E-state index contributed by atoms with van der Waals surface area (Å²) >= 11 is 0. The van der Waals surface area contributed by atoms with Crippen molar-refractivity contribution in [3.8, 4) is 5.75 Å². The van der Waals surface area contributed by atoms with Crippen LogP contribution in [0.15, 0.2) is 95.5 Å². The predicted molar refractivity (Wildman–Crippen MR) is 160 cm³/mol. The molecule has 1 aliphatic heterocycles. The maximum absolute atomic E-state index is 13.6. The van der Waals surface area contributed by atoms with Crippen LogP contribution in [-0.2, 0) is 20.9 Å². The quantitative estimate of drug-likeness (QED) is 0.185. The molecular weight excluding hydrogens is 552 g/mol. The first-order valence-corrected chi connectivity index (χ1v) is 14.9. The van der Waals surface area contributed by atoms with Gasteiger partial charge in [-0.1, -0.05) is 42.0 Å². The molecule has 0 saturated carbocycles. The van der Waals surface area contributed by atoms with Crippen molar-refractivity contribution in [1.82, 2.24) is 10.0 Å². The summed E-state index contributed by atoms with van der Waals surface area (Å²) in [4.78, 5) is 27.1. The van der Waals surface area contributed by atoms with E-state index in [1.54, 1.807) is 18.2 Å². The van der Waals surface area contributed by atoms with Gasteiger partial charge in [-0.15, -0.1) is 4.28 Å². The number of carbonyl (C=O) groups is 2. The molecule has 2 heterocycles. The first-order valence-electron chi connectivity index (χ1n) is 13.5. The lowest BCUT2D eigenvalue weighted by molar-refractivity contribution is 0.0991. The van der Waals surface area contributed by atoms with Gasteiger partial charge >= 0.3 is 10.1 Å². The molecule has 0 unspecified atom stereocenters. The first kappa shape index (κ1) is 27.4. The molecule has 0 amide bonds. The number of allylic oxidation sites excluding steroid dienone is 1. The van der Waals surface area contributed by atoms with Crippen LogP contribution in [0.1, 0.15) is 44.3 Å². The highest BCUT2D eigenvalue weighted by Crippen LogP contribution is 2.40. The SMILES string of the molecule is CCn1c2ccc(C(=O)c3ccccc3C)cc2c2c3c(ccc21)C(=O)C(NOS(=O)(=O)c1ccc(C)cc1)=CCO3. The minimum Gasteiger partial charge on any atom is -0.488 e. The van der Waals surface area contributed by atoms with Crippen molar-refractivity contribution in [2.45, 2.75) is 32.2 Å². The molecule has 0 atom stereocenters. The summed E-state index contributed by atoms with van der Waals surface area (Å²) in [6.45, 7) is 6.43. The third-order valence-corrected chi connectivity index (χ3v) is 8.68. The minimum atomic E-state index is -4.17. The van der Waals surface area contributed by atoms with Crippen LogP contribution in [0, 0.1) is 13.8 Å². The first-order chi connectivity index (χ1) is 20.2. The molecule has 4 aromatic carbocycles. The normalized spacial score (nSPS) is 13.4. The maximum atomic E-state index is 13.6. The molecule has 0 spiro atoms. The van der Waals surface area contributed by atoms with Gasteiger partial charge in [0.15, 0.2) is 5.78 Å². The van der Waals surface area contributed by atoms with Crippen LogP contribution in [-0.4, -0.2) is 31.2 Å². The molecule has 212 valence electrons. The number of hydroxylamine groups is 1. The highest BCUT2D eigenvalue weighted by atomic mass is 32.2. The Kier molecular flexibility index (Phi) is 6.92. The number of fused-ring (bicyclic) bond motifs is 5. The second-order valence-electron chi connectivity index (χ2n) is 10.2. The summed E-state index contributed by atoms with van der Waals surface area (Å²) < 4.78 is 38.7. The summed E-state index contributed by atoms with van der Waals surface area (Å²) in [5.74, 6) is -0.204. The molecule has 1 aliphatic rings. The van der Waals surface area contributed by atoms with Gasteiger partial charge in [0.25, 0.3) is 0 Å². The Morgan fingerprint density at radius 2 is 1.71 bits per heavy atom. The zero-order chi connectivity index (χ0) is 29.6. The average Bonchev–Trinajstić information content (AvgIpc) is 3.22. The molecule has 6 rings (SSSR count). The Bertz CT molecular complexity index is 2040. The molecule has 0 aliphatic carbocycles. The lowest BCUT2D eigenvalue weighted by atomic mass is 9.97. The van der Waals surface area contributed by atoms with Crippen molar-refractivity contribution >= 4 is 43.5 Å². The van der Waals surface area contributed by atoms with Crippen LogP contribution in [0.25, 0.3) is 21.8 Å². The fraction of sp³-hybridized carbons (Fsp3) is 0.152. The van der Waals surface area contributed by atoms with Gasteiger partial charge in [-0.3, -0.25) is 9.59 Å². The number of hydrogen-bond acceptors (Lipinski definition) is 7. The zero-order valence-electron chi connectivity index (χ0n) is 23.3. The molecule has 0 radical (unpaired) electrons. The van der Waals surface area contributed by atoms with E-state index in [1.165, 1.54) is 18.2 Å². The van der Waals surface area contributed by atoms with E-state index in [1.807, 2.05) is 69.3 Å². The second kappa shape index (κ2) is 10.6. The van der Waals surface area contributed by atoms with E-state index in [9.17, 15) is 18.0 Å². The van der Waals surface area contributed by atoms with Crippen molar-refractivity contribution in [3.05, 3.63) is 118 Å². The minimum absolute atomic E-state index is 0.00520. The summed E-state index contributed by atoms with van der Waals surface area (Å²) in [6, 6.07) is 22.8. The van der Waals surface area contributed by atoms with Crippen LogP contribution in [0.4, 0.5) is 0 Å². The molecule has 42 heavy (non-hydrogen) atoms. The van der Waals surface area contributed by atoms with Gasteiger partial charge in [0.05, 0.1) is 21.4 Å². The topological polar surface area (TPSA) is 104 Å². The van der Waals surface area contributed by atoms with Gasteiger partial charge < -0.3 is 9.30 Å². The van der Waals surface area contributed by atoms with Crippen LogP contribution in [0.2, 0.25) is 0 Å². The van der Waals surface area contributed by atoms with Gasteiger partial charge in [0.1, 0.15) is 18.1 Å². The van der Waals surface area contributed by atoms with Crippen molar-refractivity contribution in [3.63, 3.8) is 0 Å². The number of nitrogens with one attached hydrogen (secondary N) is 1. The number of nitrogens with zero attached hydrogens (tertiary/aromatic N) is 1. The third kappa shape index (κ3) is 4.66. The van der Waals surface area contributed by atoms with Gasteiger partial charge in [-0.05, 0) is 74.9 Å². The molecule has 0 fully saturated rings. The number of rotatable bonds is 7. The summed E-state index contributed by atoms with van der Waals surface area (Å²) in [7, 11) is -4.17. The van der Waals surface area contributed by atoms with E-state index in [4.69, 9.17) is 9.02 Å². The Balaban J connectivity index is 1.40. The van der Waals surface area contributed by atoms with Crippen molar-refractivity contribution < 1.29 is 27.0 Å². The summed E-state index contributed by atoms with van der Waals surface area (Å²) in [6.07, 6.45) is 1.45. The number of ketones is 2. The Morgan fingerprint density at radius 1 is 0.976 bits per heavy atom. The number of hydrogen-bond donors (Lipinski definition) is 1. The molecule has 0 saturated heterocycles. The Morgan fingerprint density at radius 3 is 2.45 bits per heavy atom. The van der Waals surface area contributed by atoms with E-state index in [0.717, 1.165) is 27.5 Å². The van der Waals surface area contributed by atoms with Crippen LogP contribution in [0.5, 0.6) is 5.75 Å². The molecule has 1 N–H and O–H groups in total. The lowest BCUT2D eigenvalue weighted by Gasteiger charge is -2.11. The molecule has 0 bridgehead atoms. The highest BCUT2D eigenvalue weighted by Gasteiger charge is 2.27. The van der Waals surface area contributed by atoms with Crippen LogP contribution < -0.4 is 10.2 Å². The number of ether oxygens (including phenoxy) is 1. The lowest BCUT2D eigenvalue weighted by Crippen LogP contribution is -2.24. The average molecular weight is 581 g/mol. The van der Waals surface area contributed by atoms with Crippen molar-refractivity contribution in [2.75, 3.05) is 6.61 Å². The van der Waals surface area contributed by atoms with E-state index in [0.29, 0.717) is 28.8 Å². The van der Waals surface area contributed by atoms with Crippen molar-refractivity contribution in [1.29, 1.82) is 0 Å². The van der Waals surface area contributed by atoms with E-state index < -0.39 is 15.9 Å². The standard InChI is InChI=1S/C33H28N2O6S/c1-4-35-28-15-11-22(31(36)24-8-6-5-7-21(24)3)19-26(28)30-29(35)16-14-25-32(37)27(17-18-40-33(25)30)34-41-42(38,39)23-12-9-20(2)10-13-23/h5-17,19,34H,4,18H2,1-3H3. The number of Topliss-reactive ketones (excluding diaryl/α,β-unsaturated/α-hetero) is 1. The highest BCUT2D eigenvalue weighted by molar-refractivity contribution is 7.86. The van der Waals surface area contributed by atoms with Gasteiger partial charge in [-0.2, -0.15) is 8.42 Å². The molecule has 5 aromatic rings. The Hall–Kier alpha value is -4.73. The van der Waals surface area contributed by atoms with E-state index >= 15 is 0 Å². The largest absolute Gasteiger partial charge is 0.488 e. The van der Waals surface area contributed by atoms with E-state index in [-0.39, 0.29) is 28.5 Å². The molecule has 8 nitrogen and oxygen atoms in total. The van der Waals surface area contributed by atoms with Gasteiger partial charge in [0.2, 0.25) is 5.78 Å². The zero-order valence-corrected chi connectivity index (χ0v) is 24.1.